The predicted molar refractivity (Wildman–Crippen MR) is 102 cm³/mol. The van der Waals surface area contributed by atoms with E-state index >= 15 is 0 Å². The third-order valence-corrected chi connectivity index (χ3v) is 5.18. The van der Waals surface area contributed by atoms with Crippen LogP contribution < -0.4 is 5.32 Å². The van der Waals surface area contributed by atoms with Crippen LogP contribution in [0.15, 0.2) is 73.1 Å². The van der Waals surface area contributed by atoms with Crippen molar-refractivity contribution in [1.29, 1.82) is 0 Å². The first-order valence-electron chi connectivity index (χ1n) is 9.09. The largest absolute Gasteiger partial charge is 0.349 e. The van der Waals surface area contributed by atoms with Gasteiger partial charge < -0.3 is 9.88 Å². The van der Waals surface area contributed by atoms with Gasteiger partial charge in [-0.2, -0.15) is 0 Å². The molecule has 0 bridgehead atoms. The van der Waals surface area contributed by atoms with E-state index in [0.717, 1.165) is 17.8 Å². The maximum absolute atomic E-state index is 12.8. The minimum absolute atomic E-state index is 0.0678. The normalized spacial score (nSPS) is 19.7. The highest BCUT2D eigenvalue weighted by atomic mass is 16.2. The summed E-state index contributed by atoms with van der Waals surface area (Å²) in [4.78, 5) is 17.3. The van der Waals surface area contributed by atoms with Gasteiger partial charge in [0.2, 0.25) is 5.91 Å². The fourth-order valence-corrected chi connectivity index (χ4v) is 3.55. The number of aromatic nitrogens is 2. The molecule has 0 spiro atoms. The maximum atomic E-state index is 12.8. The van der Waals surface area contributed by atoms with E-state index in [1.165, 1.54) is 5.56 Å². The number of imidazole rings is 1. The van der Waals surface area contributed by atoms with Crippen molar-refractivity contribution in [2.24, 2.45) is 13.0 Å². The number of carbonyl (C=O) groups excluding carboxylic acids is 1. The molecule has 1 aliphatic rings. The molecule has 1 N–H and O–H groups in total. The summed E-state index contributed by atoms with van der Waals surface area (Å²) in [6, 6.07) is 20.4. The van der Waals surface area contributed by atoms with Crippen molar-refractivity contribution in [3.63, 3.8) is 0 Å². The molecule has 0 saturated heterocycles. The van der Waals surface area contributed by atoms with Crippen LogP contribution in [-0.2, 0) is 18.3 Å². The number of rotatable bonds is 6. The van der Waals surface area contributed by atoms with Crippen LogP contribution in [0.4, 0.5) is 0 Å². The van der Waals surface area contributed by atoms with Gasteiger partial charge in [0.1, 0.15) is 5.82 Å². The predicted octanol–water partition coefficient (Wildman–Crippen LogP) is 3.62. The van der Waals surface area contributed by atoms with Crippen LogP contribution >= 0.6 is 0 Å². The van der Waals surface area contributed by atoms with Crippen LogP contribution in [0.1, 0.15) is 35.3 Å². The molecular weight excluding hydrogens is 322 g/mol. The summed E-state index contributed by atoms with van der Waals surface area (Å²) in [6.45, 7) is 0. The average molecular weight is 345 g/mol. The molecule has 26 heavy (non-hydrogen) atoms. The minimum Gasteiger partial charge on any atom is -0.349 e. The van der Waals surface area contributed by atoms with Crippen LogP contribution in [0.5, 0.6) is 0 Å². The molecule has 1 fully saturated rings. The lowest BCUT2D eigenvalue weighted by molar-refractivity contribution is -0.123. The Morgan fingerprint density at radius 2 is 1.85 bits per heavy atom. The zero-order chi connectivity index (χ0) is 17.9. The number of aryl methyl sites for hydroxylation is 1. The maximum Gasteiger partial charge on any atom is 0.224 e. The van der Waals surface area contributed by atoms with Crippen LogP contribution in [0, 0.1) is 5.92 Å². The van der Waals surface area contributed by atoms with Crippen molar-refractivity contribution in [2.45, 2.75) is 24.8 Å². The molecular formula is C22H23N3O. The van der Waals surface area contributed by atoms with E-state index in [1.807, 2.05) is 54.2 Å². The highest BCUT2D eigenvalue weighted by molar-refractivity contribution is 5.83. The molecule has 4 nitrogen and oxygen atoms in total. The number of hydrogen-bond acceptors (Lipinski definition) is 2. The van der Waals surface area contributed by atoms with Crippen molar-refractivity contribution in [1.82, 2.24) is 14.9 Å². The second-order valence-corrected chi connectivity index (χ2v) is 6.99. The summed E-state index contributed by atoms with van der Waals surface area (Å²) >= 11 is 0. The SMILES string of the molecule is Cn1ccnc1CC(NC(=O)C1CC1c1ccccc1)c1ccccc1. The highest BCUT2D eigenvalue weighted by Gasteiger charge is 2.44. The molecule has 4 rings (SSSR count). The van der Waals surface area contributed by atoms with Crippen LogP contribution in [0.2, 0.25) is 0 Å². The van der Waals surface area contributed by atoms with Gasteiger partial charge in [0.15, 0.2) is 0 Å². The van der Waals surface area contributed by atoms with E-state index in [0.29, 0.717) is 12.3 Å². The first-order chi connectivity index (χ1) is 12.7. The number of carbonyl (C=O) groups is 1. The summed E-state index contributed by atoms with van der Waals surface area (Å²) in [5, 5.41) is 3.27. The Hall–Kier alpha value is -2.88. The summed E-state index contributed by atoms with van der Waals surface area (Å²) < 4.78 is 2.01. The average Bonchev–Trinajstić information content (AvgIpc) is 3.39. The van der Waals surface area contributed by atoms with Crippen molar-refractivity contribution in [3.8, 4) is 0 Å². The van der Waals surface area contributed by atoms with Gasteiger partial charge in [0.05, 0.1) is 6.04 Å². The molecule has 4 heteroatoms. The quantitative estimate of drug-likeness (QED) is 0.742. The fraction of sp³-hybridized carbons (Fsp3) is 0.273. The van der Waals surface area contributed by atoms with Gasteiger partial charge in [0.25, 0.3) is 0 Å². The molecule has 0 aliphatic heterocycles. The smallest absolute Gasteiger partial charge is 0.224 e. The molecule has 1 aromatic heterocycles. The Balaban J connectivity index is 1.48. The van der Waals surface area contributed by atoms with E-state index in [1.54, 1.807) is 6.20 Å². The molecule has 1 saturated carbocycles. The van der Waals surface area contributed by atoms with Gasteiger partial charge in [-0.25, -0.2) is 4.98 Å². The third kappa shape index (κ3) is 3.54. The van der Waals surface area contributed by atoms with Gasteiger partial charge in [-0.05, 0) is 23.5 Å². The summed E-state index contributed by atoms with van der Waals surface area (Å²) in [7, 11) is 1.98. The Bertz CT molecular complexity index is 873. The topological polar surface area (TPSA) is 46.9 Å². The van der Waals surface area contributed by atoms with Gasteiger partial charge in [-0.1, -0.05) is 60.7 Å². The third-order valence-electron chi connectivity index (χ3n) is 5.18. The van der Waals surface area contributed by atoms with E-state index in [2.05, 4.69) is 34.6 Å². The van der Waals surface area contributed by atoms with E-state index < -0.39 is 0 Å². The molecule has 3 aromatic rings. The lowest BCUT2D eigenvalue weighted by Gasteiger charge is -2.19. The van der Waals surface area contributed by atoms with E-state index in [4.69, 9.17) is 0 Å². The number of nitrogens with one attached hydrogen (secondary N) is 1. The summed E-state index contributed by atoms with van der Waals surface area (Å²) in [5.41, 5.74) is 2.37. The second-order valence-electron chi connectivity index (χ2n) is 6.99. The second kappa shape index (κ2) is 7.16. The standard InChI is InChI=1S/C22H23N3O/c1-25-13-12-23-21(25)15-20(17-10-6-3-7-11-17)24-22(26)19-14-18(19)16-8-4-2-5-9-16/h2-13,18-20H,14-15H2,1H3,(H,24,26). The van der Waals surface area contributed by atoms with Crippen molar-refractivity contribution >= 4 is 5.91 Å². The number of nitrogens with zero attached hydrogens (tertiary/aromatic N) is 2. The van der Waals surface area contributed by atoms with Gasteiger partial charge in [-0.15, -0.1) is 0 Å². The number of benzene rings is 2. The van der Waals surface area contributed by atoms with Crippen molar-refractivity contribution < 1.29 is 4.79 Å². The Morgan fingerprint density at radius 1 is 1.15 bits per heavy atom. The van der Waals surface area contributed by atoms with Crippen molar-refractivity contribution in [3.05, 3.63) is 90.0 Å². The van der Waals surface area contributed by atoms with Crippen LogP contribution in [0.25, 0.3) is 0 Å². The Morgan fingerprint density at radius 3 is 2.50 bits per heavy atom. The summed E-state index contributed by atoms with van der Waals surface area (Å²) in [5.74, 6) is 1.53. The Labute approximate surface area is 153 Å². The lowest BCUT2D eigenvalue weighted by Crippen LogP contribution is -2.32. The van der Waals surface area contributed by atoms with Gasteiger partial charge in [-0.3, -0.25) is 4.79 Å². The lowest BCUT2D eigenvalue weighted by atomic mass is 10.0. The highest BCUT2D eigenvalue weighted by Crippen LogP contribution is 2.47. The zero-order valence-corrected chi connectivity index (χ0v) is 14.9. The number of amides is 1. The van der Waals surface area contributed by atoms with Crippen LogP contribution in [-0.4, -0.2) is 15.5 Å². The fourth-order valence-electron chi connectivity index (χ4n) is 3.55. The Kier molecular flexibility index (Phi) is 4.57. The monoisotopic (exact) mass is 345 g/mol. The molecule has 0 radical (unpaired) electrons. The number of hydrogen-bond donors (Lipinski definition) is 1. The molecule has 1 amide bonds. The van der Waals surface area contributed by atoms with Gasteiger partial charge in [0, 0.05) is 31.8 Å². The molecule has 3 atom stereocenters. The molecule has 1 heterocycles. The minimum atomic E-state index is -0.0678. The molecule has 1 aliphatic carbocycles. The molecule has 3 unspecified atom stereocenters. The van der Waals surface area contributed by atoms with E-state index in [9.17, 15) is 4.79 Å². The molecule has 2 aromatic carbocycles. The van der Waals surface area contributed by atoms with Crippen LogP contribution in [0.3, 0.4) is 0 Å². The van der Waals surface area contributed by atoms with Crippen molar-refractivity contribution in [2.75, 3.05) is 0 Å². The van der Waals surface area contributed by atoms with E-state index in [-0.39, 0.29) is 17.9 Å². The zero-order valence-electron chi connectivity index (χ0n) is 14.9. The molecule has 132 valence electrons. The summed E-state index contributed by atoms with van der Waals surface area (Å²) in [6.07, 6.45) is 5.35. The first kappa shape index (κ1) is 16.6. The first-order valence-corrected chi connectivity index (χ1v) is 9.09. The van der Waals surface area contributed by atoms with Gasteiger partial charge >= 0.3 is 0 Å².